The number of carbonyl (C=O) groups excluding carboxylic acids is 1. The highest BCUT2D eigenvalue weighted by molar-refractivity contribution is 7.92. The number of benzene rings is 2. The summed E-state index contributed by atoms with van der Waals surface area (Å²) < 4.78 is 76.5. The molecule has 2 aromatic rings. The van der Waals surface area contributed by atoms with Gasteiger partial charge in [0, 0.05) is 25.7 Å². The van der Waals surface area contributed by atoms with E-state index in [4.69, 9.17) is 0 Å². The molecule has 0 saturated heterocycles. The van der Waals surface area contributed by atoms with Crippen LogP contribution >= 0.6 is 0 Å². The van der Waals surface area contributed by atoms with Crippen LogP contribution in [0.4, 0.5) is 28.9 Å². The second-order valence-corrected chi connectivity index (χ2v) is 8.27. The van der Waals surface area contributed by atoms with E-state index in [2.05, 4.69) is 5.32 Å². The molecule has 0 unspecified atom stereocenters. The van der Waals surface area contributed by atoms with Crippen LogP contribution in [-0.2, 0) is 27.6 Å². The molecule has 5 nitrogen and oxygen atoms in total. The van der Waals surface area contributed by atoms with Crippen LogP contribution in [0.5, 0.6) is 0 Å². The summed E-state index contributed by atoms with van der Waals surface area (Å²) in [5, 5.41) is 2.70. The van der Waals surface area contributed by atoms with Gasteiger partial charge in [0.25, 0.3) is 9.84 Å². The Morgan fingerprint density at radius 3 is 2.54 bits per heavy atom. The van der Waals surface area contributed by atoms with Crippen LogP contribution in [0.2, 0.25) is 0 Å². The van der Waals surface area contributed by atoms with Crippen molar-refractivity contribution in [2.24, 2.45) is 0 Å². The molecule has 0 aliphatic carbocycles. The Bertz CT molecular complexity index is 1040. The topological polar surface area (TPSA) is 66.5 Å². The summed E-state index contributed by atoms with van der Waals surface area (Å²) in [6.07, 6.45) is 0.370. The molecular weight excluding hydrogens is 400 g/mol. The molecule has 1 N–H and O–H groups in total. The lowest BCUT2D eigenvalue weighted by Crippen LogP contribution is -2.33. The number of nitrogens with one attached hydrogen (secondary N) is 1. The number of fused-ring (bicyclic) bond motifs is 1. The zero-order valence-electron chi connectivity index (χ0n) is 14.7. The van der Waals surface area contributed by atoms with Crippen molar-refractivity contribution in [3.8, 4) is 0 Å². The zero-order chi connectivity index (χ0) is 20.7. The summed E-state index contributed by atoms with van der Waals surface area (Å²) in [7, 11) is -5.72. The summed E-state index contributed by atoms with van der Waals surface area (Å²) >= 11 is 0. The number of sulfone groups is 1. The van der Waals surface area contributed by atoms with Gasteiger partial charge in [0.05, 0.1) is 5.69 Å². The Morgan fingerprint density at radius 1 is 1.18 bits per heavy atom. The van der Waals surface area contributed by atoms with Gasteiger partial charge < -0.3 is 10.2 Å². The van der Waals surface area contributed by atoms with Crippen molar-refractivity contribution in [3.05, 3.63) is 53.3 Å². The van der Waals surface area contributed by atoms with Crippen LogP contribution in [0.25, 0.3) is 0 Å². The van der Waals surface area contributed by atoms with E-state index in [1.807, 2.05) is 0 Å². The van der Waals surface area contributed by atoms with Crippen LogP contribution in [0, 0.1) is 5.82 Å². The molecule has 0 aromatic heterocycles. The number of anilines is 2. The van der Waals surface area contributed by atoms with E-state index in [-0.39, 0.29) is 24.7 Å². The maximum absolute atomic E-state index is 13.6. The van der Waals surface area contributed by atoms with E-state index in [1.165, 1.54) is 11.8 Å². The molecule has 0 bridgehead atoms. The lowest BCUT2D eigenvalue weighted by molar-refractivity contribution is -0.114. The summed E-state index contributed by atoms with van der Waals surface area (Å²) in [4.78, 5) is 11.7. The van der Waals surface area contributed by atoms with Crippen LogP contribution in [0.3, 0.4) is 0 Å². The molecule has 2 aromatic carbocycles. The molecular formula is C18H16F4N2O3S. The largest absolute Gasteiger partial charge is 0.501 e. The van der Waals surface area contributed by atoms with Gasteiger partial charge in [-0.25, -0.2) is 12.8 Å². The first-order valence-electron chi connectivity index (χ1n) is 8.25. The van der Waals surface area contributed by atoms with Gasteiger partial charge in [0.1, 0.15) is 10.7 Å². The van der Waals surface area contributed by atoms with Crippen LogP contribution < -0.4 is 10.2 Å². The lowest BCUT2D eigenvalue weighted by Gasteiger charge is -2.33. The van der Waals surface area contributed by atoms with E-state index >= 15 is 0 Å². The Morgan fingerprint density at radius 2 is 1.89 bits per heavy atom. The van der Waals surface area contributed by atoms with Crippen molar-refractivity contribution < 1.29 is 30.8 Å². The molecule has 1 amide bonds. The minimum atomic E-state index is -5.72. The first kappa shape index (κ1) is 20.1. The Hall–Kier alpha value is -2.62. The fraction of sp³-hybridized carbons (Fsp3) is 0.278. The quantitative estimate of drug-likeness (QED) is 0.776. The van der Waals surface area contributed by atoms with Gasteiger partial charge in [-0.05, 0) is 41.8 Å². The molecule has 3 rings (SSSR count). The van der Waals surface area contributed by atoms with Crippen LogP contribution in [0.15, 0.2) is 41.3 Å². The van der Waals surface area contributed by atoms with Crippen molar-refractivity contribution in [2.75, 3.05) is 16.8 Å². The van der Waals surface area contributed by atoms with Crippen molar-refractivity contribution in [1.29, 1.82) is 0 Å². The number of rotatable bonds is 3. The highest BCUT2D eigenvalue weighted by atomic mass is 32.2. The molecule has 1 aliphatic heterocycles. The molecule has 150 valence electrons. The van der Waals surface area contributed by atoms with Gasteiger partial charge in [-0.15, -0.1) is 0 Å². The van der Waals surface area contributed by atoms with Crippen molar-refractivity contribution in [2.45, 2.75) is 30.3 Å². The fourth-order valence-electron chi connectivity index (χ4n) is 3.21. The van der Waals surface area contributed by atoms with E-state index in [0.29, 0.717) is 18.2 Å². The Kier molecular flexibility index (Phi) is 5.09. The van der Waals surface area contributed by atoms with E-state index in [1.54, 1.807) is 18.2 Å². The normalized spacial score (nSPS) is 14.5. The smallest absolute Gasteiger partial charge is 0.366 e. The minimum absolute atomic E-state index is 0.120. The number of halogens is 4. The maximum Gasteiger partial charge on any atom is 0.501 e. The van der Waals surface area contributed by atoms with Gasteiger partial charge in [-0.2, -0.15) is 13.2 Å². The highest BCUT2D eigenvalue weighted by Gasteiger charge is 2.48. The molecule has 1 heterocycles. The molecule has 10 heteroatoms. The number of amides is 1. The second-order valence-electron chi connectivity index (χ2n) is 6.36. The second kappa shape index (κ2) is 7.08. The van der Waals surface area contributed by atoms with Crippen molar-refractivity contribution >= 4 is 27.1 Å². The van der Waals surface area contributed by atoms with Crippen LogP contribution in [0.1, 0.15) is 18.1 Å². The summed E-state index contributed by atoms with van der Waals surface area (Å²) in [5.74, 6) is -1.33. The number of carbonyl (C=O) groups is 1. The van der Waals surface area contributed by atoms with E-state index in [0.717, 1.165) is 23.3 Å². The minimum Gasteiger partial charge on any atom is -0.366 e. The Labute approximate surface area is 158 Å². The van der Waals surface area contributed by atoms with Gasteiger partial charge in [-0.3, -0.25) is 4.79 Å². The molecule has 0 radical (unpaired) electrons. The Balaban J connectivity index is 2.03. The summed E-state index contributed by atoms with van der Waals surface area (Å²) in [5.41, 5.74) is -3.59. The number of alkyl halides is 3. The number of nitrogens with zero attached hydrogens (tertiary/aromatic N) is 1. The average molecular weight is 416 g/mol. The predicted molar refractivity (Wildman–Crippen MR) is 95.1 cm³/mol. The molecule has 28 heavy (non-hydrogen) atoms. The molecule has 1 aliphatic rings. The fourth-order valence-corrected chi connectivity index (χ4v) is 4.20. The summed E-state index contributed by atoms with van der Waals surface area (Å²) in [6.45, 7) is 1.69. The number of hydrogen-bond acceptors (Lipinski definition) is 4. The third kappa shape index (κ3) is 3.68. The molecule has 0 atom stereocenters. The van der Waals surface area contributed by atoms with Crippen molar-refractivity contribution in [3.63, 3.8) is 0 Å². The summed E-state index contributed by atoms with van der Waals surface area (Å²) in [6, 6.07) is 7.50. The first-order chi connectivity index (χ1) is 13.0. The molecule has 0 saturated carbocycles. The van der Waals surface area contributed by atoms with E-state index < -0.39 is 26.1 Å². The third-order valence-electron chi connectivity index (χ3n) is 4.43. The maximum atomic E-state index is 13.6. The predicted octanol–water partition coefficient (Wildman–Crippen LogP) is 3.64. The van der Waals surface area contributed by atoms with Crippen molar-refractivity contribution in [1.82, 2.24) is 0 Å². The average Bonchev–Trinajstić information content (AvgIpc) is 2.60. The highest BCUT2D eigenvalue weighted by Crippen LogP contribution is 2.38. The monoisotopic (exact) mass is 416 g/mol. The standard InChI is InChI=1S/C18H16F4N2O3S/c1-11(25)23-15-4-2-3-12-10-24(8-7-14(12)15)16-6-5-13(19)9-17(16)28(26,27)18(20,21)22/h2-6,9H,7-8,10H2,1H3,(H,23,25). The van der Waals surface area contributed by atoms with Gasteiger partial charge in [0.15, 0.2) is 0 Å². The zero-order valence-corrected chi connectivity index (χ0v) is 15.5. The van der Waals surface area contributed by atoms with Crippen LogP contribution in [-0.4, -0.2) is 26.4 Å². The third-order valence-corrected chi connectivity index (χ3v) is 5.95. The van der Waals surface area contributed by atoms with Gasteiger partial charge >= 0.3 is 5.51 Å². The van der Waals surface area contributed by atoms with Gasteiger partial charge in [-0.1, -0.05) is 12.1 Å². The molecule has 0 fully saturated rings. The van der Waals surface area contributed by atoms with Gasteiger partial charge in [0.2, 0.25) is 5.91 Å². The molecule has 0 spiro atoms. The first-order valence-corrected chi connectivity index (χ1v) is 9.73. The lowest BCUT2D eigenvalue weighted by atomic mass is 9.97. The van der Waals surface area contributed by atoms with E-state index in [9.17, 15) is 30.8 Å². The number of hydrogen-bond donors (Lipinski definition) is 1. The SMILES string of the molecule is CC(=O)Nc1cccc2c1CCN(c1ccc(F)cc1S(=O)(=O)C(F)(F)F)C2.